The molecule has 0 aliphatic carbocycles. The van der Waals surface area contributed by atoms with Crippen molar-refractivity contribution >= 4 is 6.09 Å². The third-order valence-corrected chi connectivity index (χ3v) is 4.82. The Bertz CT molecular complexity index is 354. The van der Waals surface area contributed by atoms with Crippen LogP contribution in [-0.2, 0) is 4.74 Å². The number of amides is 1. The molecule has 0 aromatic carbocycles. The first-order chi connectivity index (χ1) is 9.21. The standard InChI is InChI=1S/C16H31N2O2/c1-13-7-6-10-17(13)14-8-11-18(5,12-9-14)15(19)20-16(2,3)4/h13-14H,6-12H2,1-5H3/q+1. The zero-order valence-electron chi connectivity index (χ0n) is 13.8. The van der Waals surface area contributed by atoms with Gasteiger partial charge in [-0.2, -0.15) is 4.79 Å². The second-order valence-corrected chi connectivity index (χ2v) is 7.78. The summed E-state index contributed by atoms with van der Waals surface area (Å²) < 4.78 is 6.02. The van der Waals surface area contributed by atoms with Gasteiger partial charge in [-0.05, 0) is 47.1 Å². The Morgan fingerprint density at radius 1 is 1.20 bits per heavy atom. The maximum atomic E-state index is 12.4. The average molecular weight is 283 g/mol. The summed E-state index contributed by atoms with van der Waals surface area (Å²) in [5, 5.41) is 0. The number of quaternary nitrogens is 1. The molecule has 20 heavy (non-hydrogen) atoms. The van der Waals surface area contributed by atoms with E-state index in [2.05, 4.69) is 11.8 Å². The number of carbonyl (C=O) groups excluding carboxylic acids is 1. The monoisotopic (exact) mass is 283 g/mol. The maximum absolute atomic E-state index is 12.4. The smallest absolute Gasteiger partial charge is 0.414 e. The fourth-order valence-electron chi connectivity index (χ4n) is 3.51. The highest BCUT2D eigenvalue weighted by molar-refractivity contribution is 5.60. The molecule has 0 N–H and O–H groups in total. The molecule has 0 radical (unpaired) electrons. The van der Waals surface area contributed by atoms with E-state index in [4.69, 9.17) is 4.74 Å². The Labute approximate surface area is 123 Å². The number of nitrogens with zero attached hydrogens (tertiary/aromatic N) is 2. The predicted molar refractivity (Wildman–Crippen MR) is 80.6 cm³/mol. The lowest BCUT2D eigenvalue weighted by atomic mass is 10.0. The van der Waals surface area contributed by atoms with E-state index in [1.165, 1.54) is 19.4 Å². The van der Waals surface area contributed by atoms with Crippen molar-refractivity contribution in [1.29, 1.82) is 0 Å². The summed E-state index contributed by atoms with van der Waals surface area (Å²) in [6.45, 7) is 11.2. The highest BCUT2D eigenvalue weighted by Crippen LogP contribution is 2.28. The Morgan fingerprint density at radius 2 is 1.80 bits per heavy atom. The molecule has 0 aromatic rings. The summed E-state index contributed by atoms with van der Waals surface area (Å²) in [7, 11) is 2.03. The van der Waals surface area contributed by atoms with Crippen LogP contribution in [0.5, 0.6) is 0 Å². The molecule has 4 nitrogen and oxygen atoms in total. The Balaban J connectivity index is 1.91. The maximum Gasteiger partial charge on any atom is 0.516 e. The minimum absolute atomic E-state index is 0.0644. The SMILES string of the molecule is CC1CCCN1C1CC[N+](C)(C(=O)OC(C)(C)C)CC1. The third kappa shape index (κ3) is 3.53. The molecule has 2 fully saturated rings. The second-order valence-electron chi connectivity index (χ2n) is 7.78. The quantitative estimate of drug-likeness (QED) is 0.693. The van der Waals surface area contributed by atoms with Crippen LogP contribution in [0.2, 0.25) is 0 Å². The molecule has 2 aliphatic rings. The normalized spacial score (nSPS) is 36.0. The van der Waals surface area contributed by atoms with Crippen molar-refractivity contribution in [3.05, 3.63) is 0 Å². The molecule has 2 rings (SSSR count). The molecular weight excluding hydrogens is 252 g/mol. The highest BCUT2D eigenvalue weighted by Gasteiger charge is 2.42. The molecule has 0 aromatic heterocycles. The van der Waals surface area contributed by atoms with Gasteiger partial charge in [-0.1, -0.05) is 0 Å². The van der Waals surface area contributed by atoms with Gasteiger partial charge in [0.2, 0.25) is 0 Å². The summed E-state index contributed by atoms with van der Waals surface area (Å²) in [6, 6.07) is 1.39. The van der Waals surface area contributed by atoms with Crippen LogP contribution in [0.25, 0.3) is 0 Å². The first-order valence-corrected chi connectivity index (χ1v) is 8.05. The molecular formula is C16H31N2O2+. The number of hydrogen-bond donors (Lipinski definition) is 0. The minimum atomic E-state index is -0.390. The molecule has 1 atom stereocenters. The molecule has 4 heteroatoms. The average Bonchev–Trinajstić information content (AvgIpc) is 2.74. The van der Waals surface area contributed by atoms with Crippen LogP contribution in [0.1, 0.15) is 53.4 Å². The molecule has 0 spiro atoms. The zero-order chi connectivity index (χ0) is 15.0. The van der Waals surface area contributed by atoms with E-state index < -0.39 is 5.60 Å². The van der Waals surface area contributed by atoms with Gasteiger partial charge in [-0.3, -0.25) is 4.90 Å². The van der Waals surface area contributed by atoms with Crippen molar-refractivity contribution in [1.82, 2.24) is 4.90 Å². The van der Waals surface area contributed by atoms with E-state index in [1.807, 2.05) is 27.8 Å². The van der Waals surface area contributed by atoms with Crippen molar-refractivity contribution in [2.75, 3.05) is 26.7 Å². The van der Waals surface area contributed by atoms with Gasteiger partial charge in [0.15, 0.2) is 0 Å². The topological polar surface area (TPSA) is 29.5 Å². The van der Waals surface area contributed by atoms with E-state index in [0.717, 1.165) is 32.0 Å². The number of carbonyl (C=O) groups is 1. The third-order valence-electron chi connectivity index (χ3n) is 4.82. The first-order valence-electron chi connectivity index (χ1n) is 8.05. The fraction of sp³-hybridized carbons (Fsp3) is 0.938. The van der Waals surface area contributed by atoms with Crippen LogP contribution in [0.4, 0.5) is 4.79 Å². The summed E-state index contributed by atoms with van der Waals surface area (Å²) in [6.07, 6.45) is 4.82. The molecule has 1 unspecified atom stereocenters. The van der Waals surface area contributed by atoms with Crippen LogP contribution in [0.3, 0.4) is 0 Å². The Hall–Kier alpha value is -0.610. The number of ether oxygens (including phenoxy) is 1. The summed E-state index contributed by atoms with van der Waals surface area (Å²) in [4.78, 5) is 15.0. The number of likely N-dealkylation sites (tertiary alicyclic amines) is 2. The van der Waals surface area contributed by atoms with Gasteiger partial charge >= 0.3 is 6.09 Å². The molecule has 0 saturated carbocycles. The van der Waals surface area contributed by atoms with Gasteiger partial charge in [0.1, 0.15) is 5.60 Å². The first kappa shape index (κ1) is 15.8. The van der Waals surface area contributed by atoms with Gasteiger partial charge in [0, 0.05) is 24.9 Å². The van der Waals surface area contributed by atoms with Crippen molar-refractivity contribution in [3.8, 4) is 0 Å². The molecule has 116 valence electrons. The van der Waals surface area contributed by atoms with Crippen molar-refractivity contribution in [2.24, 2.45) is 0 Å². The number of piperidine rings is 1. The van der Waals surface area contributed by atoms with Gasteiger partial charge in [-0.25, -0.2) is 4.48 Å². The lowest BCUT2D eigenvalue weighted by Gasteiger charge is -2.41. The predicted octanol–water partition coefficient (Wildman–Crippen LogP) is 3.01. The van der Waals surface area contributed by atoms with Crippen LogP contribution in [-0.4, -0.2) is 59.8 Å². The van der Waals surface area contributed by atoms with E-state index in [1.54, 1.807) is 0 Å². The summed E-state index contributed by atoms with van der Waals surface area (Å²) in [5.41, 5.74) is -0.390. The fourth-order valence-corrected chi connectivity index (χ4v) is 3.51. The van der Waals surface area contributed by atoms with Crippen molar-refractivity contribution in [2.45, 2.75) is 71.1 Å². The van der Waals surface area contributed by atoms with Gasteiger partial charge in [0.25, 0.3) is 0 Å². The molecule has 0 bridgehead atoms. The van der Waals surface area contributed by atoms with Crippen LogP contribution in [0, 0.1) is 0 Å². The lowest BCUT2D eigenvalue weighted by Crippen LogP contribution is -2.58. The number of hydrogen-bond acceptors (Lipinski definition) is 3. The van der Waals surface area contributed by atoms with Gasteiger partial charge in [0.05, 0.1) is 20.1 Å². The van der Waals surface area contributed by atoms with Crippen molar-refractivity contribution < 1.29 is 14.0 Å². The van der Waals surface area contributed by atoms with Gasteiger partial charge < -0.3 is 4.74 Å². The van der Waals surface area contributed by atoms with Gasteiger partial charge in [-0.15, -0.1) is 0 Å². The van der Waals surface area contributed by atoms with Crippen LogP contribution < -0.4 is 0 Å². The second kappa shape index (κ2) is 5.64. The summed E-state index contributed by atoms with van der Waals surface area (Å²) >= 11 is 0. The minimum Gasteiger partial charge on any atom is -0.414 e. The van der Waals surface area contributed by atoms with Crippen LogP contribution in [0.15, 0.2) is 0 Å². The molecule has 2 saturated heterocycles. The molecule has 2 aliphatic heterocycles. The Kier molecular flexibility index (Phi) is 4.45. The van der Waals surface area contributed by atoms with E-state index in [0.29, 0.717) is 10.5 Å². The molecule has 2 heterocycles. The van der Waals surface area contributed by atoms with E-state index >= 15 is 0 Å². The van der Waals surface area contributed by atoms with Crippen molar-refractivity contribution in [3.63, 3.8) is 0 Å². The van der Waals surface area contributed by atoms with E-state index in [-0.39, 0.29) is 6.09 Å². The zero-order valence-corrected chi connectivity index (χ0v) is 13.8. The largest absolute Gasteiger partial charge is 0.516 e. The van der Waals surface area contributed by atoms with E-state index in [9.17, 15) is 4.79 Å². The van der Waals surface area contributed by atoms with Crippen LogP contribution >= 0.6 is 0 Å². The number of rotatable bonds is 1. The lowest BCUT2D eigenvalue weighted by molar-refractivity contribution is -0.844. The Morgan fingerprint density at radius 3 is 2.25 bits per heavy atom. The highest BCUT2D eigenvalue weighted by atomic mass is 16.6. The summed E-state index contributed by atoms with van der Waals surface area (Å²) in [5.74, 6) is 0. The molecule has 1 amide bonds.